The minimum absolute atomic E-state index is 0.240. The Labute approximate surface area is 193 Å². The predicted molar refractivity (Wildman–Crippen MR) is 127 cm³/mol. The average molecular weight is 495 g/mol. The molecule has 0 spiro atoms. The van der Waals surface area contributed by atoms with Gasteiger partial charge in [0.05, 0.1) is 0 Å². The average Bonchev–Trinajstić information content (AvgIpc) is 2.79. The molecule has 0 aliphatic carbocycles. The van der Waals surface area contributed by atoms with Crippen molar-refractivity contribution in [2.75, 3.05) is 42.7 Å². The summed E-state index contributed by atoms with van der Waals surface area (Å²) in [7, 11) is 4.27. The highest BCUT2D eigenvalue weighted by atomic mass is 32.2. The van der Waals surface area contributed by atoms with Gasteiger partial charge in [-0.3, -0.25) is 9.59 Å². The van der Waals surface area contributed by atoms with E-state index in [1.165, 1.54) is 0 Å². The van der Waals surface area contributed by atoms with E-state index in [0.717, 1.165) is 24.6 Å². The van der Waals surface area contributed by atoms with Crippen LogP contribution in [-0.4, -0.2) is 70.5 Å². The van der Waals surface area contributed by atoms with Crippen LogP contribution < -0.4 is 0 Å². The van der Waals surface area contributed by atoms with Gasteiger partial charge in [0.25, 0.3) is 0 Å². The summed E-state index contributed by atoms with van der Waals surface area (Å²) in [6, 6.07) is 1.31. The second-order valence-electron chi connectivity index (χ2n) is 6.83. The molecule has 8 nitrogen and oxygen atoms in total. The molecule has 180 valence electrons. The molecule has 0 radical (unpaired) electrons. The molecule has 0 aromatic heterocycles. The van der Waals surface area contributed by atoms with Gasteiger partial charge in [-0.1, -0.05) is 12.2 Å². The summed E-state index contributed by atoms with van der Waals surface area (Å²) in [5.74, 6) is 0. The molecule has 0 aliphatic heterocycles. The lowest BCUT2D eigenvalue weighted by atomic mass is 10.2. The Bertz CT molecular complexity index is 548. The number of hydrogen-bond acceptors (Lipinski definition) is 9. The van der Waals surface area contributed by atoms with E-state index in [2.05, 4.69) is 0 Å². The number of carbonyl (C=O) groups excluding carboxylic acids is 2. The lowest BCUT2D eigenvalue weighted by Crippen LogP contribution is -2.42. The van der Waals surface area contributed by atoms with Crippen LogP contribution in [0.1, 0.15) is 39.5 Å². The summed E-state index contributed by atoms with van der Waals surface area (Å²) in [4.78, 5) is 24.7. The molecule has 0 rings (SSSR count). The van der Waals surface area contributed by atoms with Gasteiger partial charge in [0.1, 0.15) is 0 Å². The Balaban J connectivity index is 4.54. The minimum Gasteiger partial charge on any atom is -0.377 e. The van der Waals surface area contributed by atoms with E-state index in [1.54, 1.807) is 56.5 Å². The Kier molecular flexibility index (Phi) is 15.7. The summed E-state index contributed by atoms with van der Waals surface area (Å²) >= 11 is 0.725. The van der Waals surface area contributed by atoms with Crippen LogP contribution in [0.25, 0.3) is 0 Å². The van der Waals surface area contributed by atoms with Crippen LogP contribution in [0, 0.1) is 0 Å². The Morgan fingerprint density at radius 3 is 1.19 bits per heavy atom. The first-order chi connectivity index (χ1) is 14.7. The zero-order valence-corrected chi connectivity index (χ0v) is 22.9. The zero-order valence-electron chi connectivity index (χ0n) is 20.1. The maximum absolute atomic E-state index is 12.3. The Hall–Kier alpha value is -0.636. The molecule has 0 amide bonds. The molecule has 0 atom stereocenters. The quantitative estimate of drug-likeness (QED) is 0.179. The van der Waals surface area contributed by atoms with Gasteiger partial charge in [0.15, 0.2) is 0 Å². The fraction of sp³-hybridized carbons (Fsp3) is 0.700. The van der Waals surface area contributed by atoms with Crippen molar-refractivity contribution in [3.8, 4) is 0 Å². The van der Waals surface area contributed by atoms with Crippen LogP contribution in [0.2, 0.25) is 12.1 Å². The fourth-order valence-electron chi connectivity index (χ4n) is 2.80. The van der Waals surface area contributed by atoms with Gasteiger partial charge in [0.2, 0.25) is 10.2 Å². The van der Waals surface area contributed by atoms with Crippen molar-refractivity contribution in [1.29, 1.82) is 0 Å². The number of carbonyl (C=O) groups is 2. The van der Waals surface area contributed by atoms with Crippen molar-refractivity contribution >= 4 is 39.6 Å². The van der Waals surface area contributed by atoms with Crippen LogP contribution in [0.15, 0.2) is 23.3 Å². The van der Waals surface area contributed by atoms with Crippen LogP contribution in [0.4, 0.5) is 0 Å². The molecule has 0 aromatic carbocycles. The summed E-state index contributed by atoms with van der Waals surface area (Å²) in [6.07, 6.45) is 6.56. The van der Waals surface area contributed by atoms with Gasteiger partial charge in [-0.2, -0.15) is 0 Å². The fourth-order valence-corrected chi connectivity index (χ4v) is 6.95. The molecule has 0 aromatic rings. The molecular formula is C20H38O8SSi2. The lowest BCUT2D eigenvalue weighted by Gasteiger charge is -2.23. The number of thioether (sulfide) groups is 1. The second kappa shape index (κ2) is 16.1. The third-order valence-corrected chi connectivity index (χ3v) is 11.6. The van der Waals surface area contributed by atoms with Crippen molar-refractivity contribution in [2.45, 2.75) is 51.6 Å². The predicted octanol–water partition coefficient (Wildman–Crippen LogP) is 3.98. The third kappa shape index (κ3) is 10.7. The monoisotopic (exact) mass is 494 g/mol. The smallest absolute Gasteiger partial charge is 0.377 e. The Morgan fingerprint density at radius 1 is 0.645 bits per heavy atom. The largest absolute Gasteiger partial charge is 0.500 e. The van der Waals surface area contributed by atoms with E-state index in [-0.39, 0.29) is 10.2 Å². The highest BCUT2D eigenvalue weighted by molar-refractivity contribution is 8.26. The highest BCUT2D eigenvalue weighted by Crippen LogP contribution is 2.21. The first-order valence-electron chi connectivity index (χ1n) is 10.1. The molecule has 0 aliphatic rings. The van der Waals surface area contributed by atoms with Gasteiger partial charge >= 0.3 is 17.6 Å². The zero-order chi connectivity index (χ0) is 23.9. The van der Waals surface area contributed by atoms with E-state index in [9.17, 15) is 9.59 Å². The van der Waals surface area contributed by atoms with Crippen LogP contribution in [0.5, 0.6) is 0 Å². The van der Waals surface area contributed by atoms with E-state index >= 15 is 0 Å². The molecule has 0 saturated carbocycles. The first kappa shape index (κ1) is 30.4. The van der Waals surface area contributed by atoms with Gasteiger partial charge in [-0.05, 0) is 62.4 Å². The van der Waals surface area contributed by atoms with Gasteiger partial charge in [-0.15, -0.1) is 0 Å². The molecule has 0 saturated heterocycles. The van der Waals surface area contributed by atoms with Gasteiger partial charge < -0.3 is 26.6 Å². The molecule has 31 heavy (non-hydrogen) atoms. The molecule has 0 unspecified atom stereocenters. The van der Waals surface area contributed by atoms with Crippen molar-refractivity contribution in [1.82, 2.24) is 0 Å². The van der Waals surface area contributed by atoms with Crippen LogP contribution in [0.3, 0.4) is 0 Å². The van der Waals surface area contributed by atoms with Gasteiger partial charge in [0, 0.05) is 54.7 Å². The molecule has 0 heterocycles. The van der Waals surface area contributed by atoms with E-state index in [1.807, 2.05) is 12.2 Å². The lowest BCUT2D eigenvalue weighted by molar-refractivity contribution is -0.109. The molecular weight excluding hydrogens is 456 g/mol. The molecule has 0 fully saturated rings. The van der Waals surface area contributed by atoms with Crippen molar-refractivity contribution in [3.05, 3.63) is 23.3 Å². The number of rotatable bonds is 16. The number of hydrogen-bond donors (Lipinski definition) is 0. The summed E-state index contributed by atoms with van der Waals surface area (Å²) < 4.78 is 32.3. The number of unbranched alkanes of at least 4 members (excludes halogenated alkanes) is 2. The second-order valence-corrected chi connectivity index (χ2v) is 14.0. The van der Waals surface area contributed by atoms with Crippen molar-refractivity contribution in [2.24, 2.45) is 0 Å². The topological polar surface area (TPSA) is 89.5 Å². The van der Waals surface area contributed by atoms with Crippen LogP contribution >= 0.6 is 11.8 Å². The van der Waals surface area contributed by atoms with E-state index in [4.69, 9.17) is 26.6 Å². The van der Waals surface area contributed by atoms with E-state index in [0.29, 0.717) is 36.1 Å². The molecule has 11 heteroatoms. The Morgan fingerprint density at radius 2 is 0.935 bits per heavy atom. The summed E-state index contributed by atoms with van der Waals surface area (Å²) in [5, 5.41) is -0.480. The van der Waals surface area contributed by atoms with Crippen molar-refractivity contribution in [3.63, 3.8) is 0 Å². The normalized spacial score (nSPS) is 13.5. The van der Waals surface area contributed by atoms with Crippen molar-refractivity contribution < 1.29 is 36.1 Å². The summed E-state index contributed by atoms with van der Waals surface area (Å²) in [6.45, 7) is 3.44. The summed E-state index contributed by atoms with van der Waals surface area (Å²) in [5.41, 5.74) is 1.11. The maximum Gasteiger partial charge on any atom is 0.500 e. The maximum atomic E-state index is 12.3. The number of allylic oxidation sites excluding steroid dienone is 2. The standard InChI is InChI=1S/C20H38O8SSi2/c1-17(13-9-11-15-30(23-3,24-4)25-5)19(21)29-20(22)18(2)14-10-12-16-31(26-6,27-7)28-8/h13-14H,9-12,15-16H2,1-8H3/b17-13+,18-14+. The third-order valence-electron chi connectivity index (χ3n) is 4.97. The van der Waals surface area contributed by atoms with Gasteiger partial charge in [-0.25, -0.2) is 0 Å². The first-order valence-corrected chi connectivity index (χ1v) is 14.8. The molecule has 0 N–H and O–H groups in total. The molecule has 0 bridgehead atoms. The minimum atomic E-state index is -2.60. The highest BCUT2D eigenvalue weighted by Gasteiger charge is 2.37. The SMILES string of the molecule is CO[Si](CCC/C=C(\C)C(=O)SC(=O)/C(C)=C/CCC[Si](OC)(OC)OC)(OC)OC. The van der Waals surface area contributed by atoms with Crippen LogP contribution in [-0.2, 0) is 36.1 Å². The van der Waals surface area contributed by atoms with E-state index < -0.39 is 17.6 Å².